The number of carbonyl (C=O) groups excluding carboxylic acids is 1. The van der Waals surface area contributed by atoms with Gasteiger partial charge in [-0.25, -0.2) is 0 Å². The SMILES string of the molecule is CCCCCCC/C=C\C/C=C\CCCCCCCCCCCCCCCCOCC(CO)OC(=O)CCCCCCCCCCCCCCC/C=C\CCCCCCCCCC. The summed E-state index contributed by atoms with van der Waals surface area (Å²) in [5.41, 5.74) is 0. The second kappa shape index (κ2) is 56.7. The molecule has 0 fully saturated rings. The summed E-state index contributed by atoms with van der Waals surface area (Å²) in [5, 5.41) is 9.68. The highest BCUT2D eigenvalue weighted by Crippen LogP contribution is 2.17. The molecule has 0 aliphatic heterocycles. The first-order chi connectivity index (χ1) is 31.2. The fourth-order valence-corrected chi connectivity index (χ4v) is 8.65. The van der Waals surface area contributed by atoms with Gasteiger partial charge in [-0.15, -0.1) is 0 Å². The standard InChI is InChI=1S/C59H112O4/c1-3-5-7-9-11-13-15-17-19-21-23-25-27-29-31-33-35-37-39-41-43-45-47-49-51-53-55-62-57-58(56-60)63-59(61)54-52-50-48-46-44-42-40-38-36-34-32-30-28-26-24-22-20-18-16-14-12-10-8-6-4-2/h15,17,21-24,58,60H,3-14,16,18-20,25-57H2,1-2H3/b17-15-,23-21-,24-22-. The number of ether oxygens (including phenoxy) is 2. The Kier molecular flexibility index (Phi) is 55.5. The number of hydrogen-bond donors (Lipinski definition) is 1. The highest BCUT2D eigenvalue weighted by Gasteiger charge is 2.13. The number of rotatable bonds is 54. The molecule has 0 radical (unpaired) electrons. The van der Waals surface area contributed by atoms with Crippen molar-refractivity contribution in [3.63, 3.8) is 0 Å². The molecule has 0 aromatic carbocycles. The van der Waals surface area contributed by atoms with Gasteiger partial charge in [0, 0.05) is 13.0 Å². The van der Waals surface area contributed by atoms with Crippen LogP contribution < -0.4 is 0 Å². The Hall–Kier alpha value is -1.39. The smallest absolute Gasteiger partial charge is 0.306 e. The maximum Gasteiger partial charge on any atom is 0.306 e. The van der Waals surface area contributed by atoms with E-state index < -0.39 is 6.10 Å². The molecule has 1 unspecified atom stereocenters. The lowest BCUT2D eigenvalue weighted by Gasteiger charge is -2.16. The Morgan fingerprint density at radius 1 is 0.381 bits per heavy atom. The van der Waals surface area contributed by atoms with Gasteiger partial charge in [0.15, 0.2) is 0 Å². The number of carbonyl (C=O) groups is 1. The molecule has 4 heteroatoms. The minimum Gasteiger partial charge on any atom is -0.457 e. The maximum absolute atomic E-state index is 12.3. The normalized spacial score (nSPS) is 12.5. The lowest BCUT2D eigenvalue weighted by molar-refractivity contribution is -0.154. The van der Waals surface area contributed by atoms with Crippen molar-refractivity contribution in [2.24, 2.45) is 0 Å². The Balaban J connectivity index is 3.36. The molecule has 0 aromatic rings. The summed E-state index contributed by atoms with van der Waals surface area (Å²) in [6.07, 6.45) is 74.1. The highest BCUT2D eigenvalue weighted by molar-refractivity contribution is 5.69. The van der Waals surface area contributed by atoms with E-state index in [9.17, 15) is 9.90 Å². The van der Waals surface area contributed by atoms with E-state index >= 15 is 0 Å². The Morgan fingerprint density at radius 2 is 0.667 bits per heavy atom. The summed E-state index contributed by atoms with van der Waals surface area (Å²) in [5.74, 6) is -0.195. The van der Waals surface area contributed by atoms with Crippen LogP contribution in [0.3, 0.4) is 0 Å². The zero-order chi connectivity index (χ0) is 45.5. The third kappa shape index (κ3) is 54.9. The van der Waals surface area contributed by atoms with Crippen LogP contribution in [0.5, 0.6) is 0 Å². The predicted molar refractivity (Wildman–Crippen MR) is 279 cm³/mol. The van der Waals surface area contributed by atoms with Gasteiger partial charge in [-0.3, -0.25) is 4.79 Å². The minimum absolute atomic E-state index is 0.168. The molecule has 0 saturated heterocycles. The molecule has 4 nitrogen and oxygen atoms in total. The summed E-state index contributed by atoms with van der Waals surface area (Å²) in [6.45, 7) is 5.38. The van der Waals surface area contributed by atoms with E-state index in [1.165, 1.54) is 263 Å². The number of hydrogen-bond acceptors (Lipinski definition) is 4. The van der Waals surface area contributed by atoms with Gasteiger partial charge in [-0.2, -0.15) is 0 Å². The summed E-state index contributed by atoms with van der Waals surface area (Å²) in [7, 11) is 0. The fourth-order valence-electron chi connectivity index (χ4n) is 8.65. The van der Waals surface area contributed by atoms with Gasteiger partial charge in [0.25, 0.3) is 0 Å². The fraction of sp³-hybridized carbons (Fsp3) is 0.881. The zero-order valence-corrected chi connectivity index (χ0v) is 42.9. The second-order valence-corrected chi connectivity index (χ2v) is 19.4. The van der Waals surface area contributed by atoms with Crippen LogP contribution in [-0.4, -0.2) is 37.0 Å². The summed E-state index contributed by atoms with van der Waals surface area (Å²) >= 11 is 0. The van der Waals surface area contributed by atoms with E-state index in [2.05, 4.69) is 50.3 Å². The molecular formula is C59H112O4. The van der Waals surface area contributed by atoms with Gasteiger partial charge in [0.1, 0.15) is 6.10 Å². The van der Waals surface area contributed by atoms with Gasteiger partial charge < -0.3 is 14.6 Å². The van der Waals surface area contributed by atoms with Gasteiger partial charge >= 0.3 is 5.97 Å². The van der Waals surface area contributed by atoms with Crippen molar-refractivity contribution < 1.29 is 19.4 Å². The van der Waals surface area contributed by atoms with E-state index in [1.54, 1.807) is 0 Å². The molecule has 0 rings (SSSR count). The molecule has 1 N–H and O–H groups in total. The average Bonchev–Trinajstić information content (AvgIpc) is 3.29. The minimum atomic E-state index is -0.534. The Morgan fingerprint density at radius 3 is 1.00 bits per heavy atom. The molecule has 1 atom stereocenters. The third-order valence-corrected chi connectivity index (χ3v) is 12.9. The lowest BCUT2D eigenvalue weighted by atomic mass is 10.0. The number of unbranched alkanes of at least 4 members (excludes halogenated alkanes) is 40. The van der Waals surface area contributed by atoms with E-state index in [4.69, 9.17) is 9.47 Å². The van der Waals surface area contributed by atoms with Crippen molar-refractivity contribution in [3.8, 4) is 0 Å². The topological polar surface area (TPSA) is 55.8 Å². The summed E-state index contributed by atoms with van der Waals surface area (Å²) < 4.78 is 11.3. The Labute approximate surface area is 395 Å². The van der Waals surface area contributed by atoms with E-state index in [0.717, 1.165) is 25.7 Å². The molecule has 0 spiro atoms. The monoisotopic (exact) mass is 885 g/mol. The number of aliphatic hydroxyl groups excluding tert-OH is 1. The first kappa shape index (κ1) is 61.6. The van der Waals surface area contributed by atoms with Crippen LogP contribution in [0.15, 0.2) is 36.5 Å². The molecule has 0 aliphatic carbocycles. The zero-order valence-electron chi connectivity index (χ0n) is 42.9. The van der Waals surface area contributed by atoms with Gasteiger partial charge in [-0.1, -0.05) is 269 Å². The molecule has 0 aromatic heterocycles. The van der Waals surface area contributed by atoms with Crippen molar-refractivity contribution in [2.45, 2.75) is 315 Å². The van der Waals surface area contributed by atoms with E-state index in [1.807, 2.05) is 0 Å². The van der Waals surface area contributed by atoms with Crippen molar-refractivity contribution >= 4 is 5.97 Å². The molecule has 0 heterocycles. The van der Waals surface area contributed by atoms with Crippen molar-refractivity contribution in [1.29, 1.82) is 0 Å². The van der Waals surface area contributed by atoms with Crippen LogP contribution in [-0.2, 0) is 14.3 Å². The summed E-state index contributed by atoms with van der Waals surface area (Å²) in [6, 6.07) is 0. The van der Waals surface area contributed by atoms with Crippen molar-refractivity contribution in [1.82, 2.24) is 0 Å². The molecule has 0 saturated carbocycles. The van der Waals surface area contributed by atoms with Crippen LogP contribution in [0, 0.1) is 0 Å². The van der Waals surface area contributed by atoms with Gasteiger partial charge in [-0.05, 0) is 70.6 Å². The van der Waals surface area contributed by atoms with Gasteiger partial charge in [0.2, 0.25) is 0 Å². The Bertz CT molecular complexity index is 940. The highest BCUT2D eigenvalue weighted by atomic mass is 16.6. The average molecular weight is 886 g/mol. The van der Waals surface area contributed by atoms with Crippen LogP contribution in [0.2, 0.25) is 0 Å². The quantitative estimate of drug-likeness (QED) is 0.0376. The van der Waals surface area contributed by atoms with Gasteiger partial charge in [0.05, 0.1) is 13.2 Å². The van der Waals surface area contributed by atoms with Crippen LogP contribution in [0.25, 0.3) is 0 Å². The third-order valence-electron chi connectivity index (χ3n) is 12.9. The number of esters is 1. The molecular weight excluding hydrogens is 773 g/mol. The van der Waals surface area contributed by atoms with Crippen molar-refractivity contribution in [3.05, 3.63) is 36.5 Å². The molecule has 0 amide bonds. The largest absolute Gasteiger partial charge is 0.457 e. The predicted octanol–water partition coefficient (Wildman–Crippen LogP) is 19.6. The van der Waals surface area contributed by atoms with Crippen LogP contribution in [0.1, 0.15) is 309 Å². The molecule has 372 valence electrons. The molecule has 0 aliphatic rings. The lowest BCUT2D eigenvalue weighted by Crippen LogP contribution is -2.27. The maximum atomic E-state index is 12.3. The molecule has 0 bridgehead atoms. The first-order valence-corrected chi connectivity index (χ1v) is 28.6. The van der Waals surface area contributed by atoms with E-state index in [-0.39, 0.29) is 12.6 Å². The van der Waals surface area contributed by atoms with Crippen molar-refractivity contribution in [2.75, 3.05) is 19.8 Å². The molecule has 63 heavy (non-hydrogen) atoms. The number of aliphatic hydroxyl groups is 1. The number of allylic oxidation sites excluding steroid dienone is 6. The van der Waals surface area contributed by atoms with E-state index in [0.29, 0.717) is 19.6 Å². The second-order valence-electron chi connectivity index (χ2n) is 19.4. The van der Waals surface area contributed by atoms with Crippen LogP contribution in [0.4, 0.5) is 0 Å². The summed E-state index contributed by atoms with van der Waals surface area (Å²) in [4.78, 5) is 12.3. The van der Waals surface area contributed by atoms with Crippen LogP contribution >= 0.6 is 0 Å². The first-order valence-electron chi connectivity index (χ1n) is 28.6.